The van der Waals surface area contributed by atoms with Crippen molar-refractivity contribution in [1.82, 2.24) is 0 Å². The molecule has 0 aliphatic heterocycles. The highest BCUT2D eigenvalue weighted by atomic mass is 16.4. The molecule has 1 aromatic rings. The van der Waals surface area contributed by atoms with Crippen molar-refractivity contribution in [1.29, 1.82) is 0 Å². The molecule has 0 fully saturated rings. The number of aliphatic hydroxyl groups is 5. The van der Waals surface area contributed by atoms with Crippen LogP contribution in [-0.2, 0) is 0 Å². The number of hydrogen-bond donors (Lipinski definition) is 5. The Morgan fingerprint density at radius 3 is 2.17 bits per heavy atom. The zero-order valence-corrected chi connectivity index (χ0v) is 9.47. The molecule has 0 saturated carbocycles. The van der Waals surface area contributed by atoms with Gasteiger partial charge in [0.05, 0.1) is 6.61 Å². The minimum absolute atomic E-state index is 0.144. The van der Waals surface area contributed by atoms with Crippen LogP contribution in [0.3, 0.4) is 0 Å². The maximum absolute atomic E-state index is 11.7. The van der Waals surface area contributed by atoms with Crippen LogP contribution >= 0.6 is 0 Å². The Labute approximate surface area is 104 Å². The third-order valence-corrected chi connectivity index (χ3v) is 2.53. The maximum atomic E-state index is 11.7. The molecule has 6 nitrogen and oxygen atoms in total. The van der Waals surface area contributed by atoms with Crippen molar-refractivity contribution in [2.75, 3.05) is 6.61 Å². The molecule has 0 saturated heterocycles. The van der Waals surface area contributed by atoms with E-state index in [1.54, 1.807) is 0 Å². The summed E-state index contributed by atoms with van der Waals surface area (Å²) in [7, 11) is 0. The highest BCUT2D eigenvalue weighted by Crippen LogP contribution is 2.11. The van der Waals surface area contributed by atoms with Gasteiger partial charge in [-0.15, -0.1) is 0 Å². The van der Waals surface area contributed by atoms with Gasteiger partial charge in [0.2, 0.25) is 0 Å². The molecule has 6 heteroatoms. The molecule has 0 aromatic heterocycles. The Balaban J connectivity index is 2.75. The highest BCUT2D eigenvalue weighted by molar-refractivity contribution is 5.99. The van der Waals surface area contributed by atoms with Crippen LogP contribution in [0, 0.1) is 6.07 Å². The number of Topliss-reactive ketones (excluding diaryl/α,β-unsaturated/α-hetero) is 1. The number of aliphatic hydroxyl groups excluding tert-OH is 5. The van der Waals surface area contributed by atoms with E-state index in [2.05, 4.69) is 6.07 Å². The second-order valence-corrected chi connectivity index (χ2v) is 3.83. The lowest BCUT2D eigenvalue weighted by Crippen LogP contribution is -2.48. The van der Waals surface area contributed by atoms with Gasteiger partial charge in [0.1, 0.15) is 24.4 Å². The lowest BCUT2D eigenvalue weighted by Gasteiger charge is -2.24. The SMILES string of the molecule is O=C(c1cc[c]cc1)[C@H](O)[C@@H](O)[C@H](O)[C@H](O)CO. The Morgan fingerprint density at radius 2 is 1.67 bits per heavy atom. The molecule has 1 radical (unpaired) electrons. The predicted octanol–water partition coefficient (Wildman–Crippen LogP) is -1.89. The van der Waals surface area contributed by atoms with Crippen molar-refractivity contribution in [3.63, 3.8) is 0 Å². The summed E-state index contributed by atoms with van der Waals surface area (Å²) in [5, 5.41) is 46.2. The first-order chi connectivity index (χ1) is 8.49. The van der Waals surface area contributed by atoms with Crippen LogP contribution < -0.4 is 0 Å². The molecular weight excluding hydrogens is 240 g/mol. The molecule has 0 spiro atoms. The van der Waals surface area contributed by atoms with E-state index in [1.165, 1.54) is 24.3 Å². The lowest BCUT2D eigenvalue weighted by molar-refractivity contribution is -0.105. The average Bonchev–Trinajstić information content (AvgIpc) is 2.44. The van der Waals surface area contributed by atoms with Gasteiger partial charge in [-0.2, -0.15) is 0 Å². The topological polar surface area (TPSA) is 118 Å². The summed E-state index contributed by atoms with van der Waals surface area (Å²) in [6, 6.07) is 8.41. The summed E-state index contributed by atoms with van der Waals surface area (Å²) in [5.74, 6) is -0.791. The first-order valence-corrected chi connectivity index (χ1v) is 5.32. The van der Waals surface area contributed by atoms with Gasteiger partial charge in [0.25, 0.3) is 0 Å². The second kappa shape index (κ2) is 6.58. The van der Waals surface area contributed by atoms with Crippen LogP contribution in [0.25, 0.3) is 0 Å². The van der Waals surface area contributed by atoms with Crippen molar-refractivity contribution >= 4 is 5.78 Å². The number of ketones is 1. The molecule has 0 unspecified atom stereocenters. The molecule has 0 amide bonds. The molecule has 4 atom stereocenters. The quantitative estimate of drug-likeness (QED) is 0.379. The third kappa shape index (κ3) is 3.34. The number of benzene rings is 1. The Hall–Kier alpha value is -1.31. The Morgan fingerprint density at radius 1 is 1.11 bits per heavy atom. The second-order valence-electron chi connectivity index (χ2n) is 3.83. The zero-order valence-electron chi connectivity index (χ0n) is 9.47. The van der Waals surface area contributed by atoms with Crippen molar-refractivity contribution in [3.8, 4) is 0 Å². The Kier molecular flexibility index (Phi) is 5.39. The monoisotopic (exact) mass is 255 g/mol. The number of carbonyl (C=O) groups excluding carboxylic acids is 1. The van der Waals surface area contributed by atoms with Crippen molar-refractivity contribution in [2.45, 2.75) is 24.4 Å². The maximum Gasteiger partial charge on any atom is 0.194 e. The molecule has 5 N–H and O–H groups in total. The van der Waals surface area contributed by atoms with Crippen molar-refractivity contribution in [2.24, 2.45) is 0 Å². The molecule has 18 heavy (non-hydrogen) atoms. The average molecular weight is 255 g/mol. The number of hydrogen-bond acceptors (Lipinski definition) is 6. The zero-order chi connectivity index (χ0) is 13.7. The van der Waals surface area contributed by atoms with Crippen molar-refractivity contribution < 1.29 is 30.3 Å². The first kappa shape index (κ1) is 14.7. The van der Waals surface area contributed by atoms with Crippen LogP contribution in [0.15, 0.2) is 24.3 Å². The van der Waals surface area contributed by atoms with Gasteiger partial charge in [-0.05, 0) is 6.07 Å². The summed E-state index contributed by atoms with van der Waals surface area (Å²) in [5.41, 5.74) is 0.144. The largest absolute Gasteiger partial charge is 0.394 e. The number of rotatable bonds is 6. The molecule has 0 aliphatic rings. The summed E-state index contributed by atoms with van der Waals surface area (Å²) >= 11 is 0. The van der Waals surface area contributed by atoms with E-state index >= 15 is 0 Å². The molecule has 0 aliphatic carbocycles. The molecule has 1 rings (SSSR count). The summed E-state index contributed by atoms with van der Waals surface area (Å²) in [4.78, 5) is 11.7. The standard InChI is InChI=1S/C12H15O6/c13-6-8(14)10(16)12(18)11(17)9(15)7-4-2-1-3-5-7/h2-5,8,10-14,16-18H,6H2/t8-,10-,11+,12+/m1/s1. The van der Waals surface area contributed by atoms with Crippen LogP contribution in [0.1, 0.15) is 10.4 Å². The summed E-state index contributed by atoms with van der Waals surface area (Å²) in [6.07, 6.45) is -7.22. The van der Waals surface area contributed by atoms with E-state index in [1.807, 2.05) is 0 Å². The van der Waals surface area contributed by atoms with Gasteiger partial charge in [0.15, 0.2) is 5.78 Å². The molecule has 0 bridgehead atoms. The lowest BCUT2D eigenvalue weighted by atomic mass is 9.97. The fourth-order valence-corrected chi connectivity index (χ4v) is 1.40. The van der Waals surface area contributed by atoms with Crippen LogP contribution in [0.2, 0.25) is 0 Å². The minimum Gasteiger partial charge on any atom is -0.394 e. The van der Waals surface area contributed by atoms with E-state index < -0.39 is 36.8 Å². The highest BCUT2D eigenvalue weighted by Gasteiger charge is 2.34. The van der Waals surface area contributed by atoms with E-state index in [9.17, 15) is 20.1 Å². The van der Waals surface area contributed by atoms with Gasteiger partial charge in [-0.1, -0.05) is 24.3 Å². The smallest absolute Gasteiger partial charge is 0.194 e. The van der Waals surface area contributed by atoms with Gasteiger partial charge in [0, 0.05) is 5.56 Å². The molecule has 1 aromatic carbocycles. The first-order valence-electron chi connectivity index (χ1n) is 5.32. The van der Waals surface area contributed by atoms with E-state index in [0.717, 1.165) is 0 Å². The molecule has 99 valence electrons. The van der Waals surface area contributed by atoms with Crippen LogP contribution in [0.4, 0.5) is 0 Å². The van der Waals surface area contributed by atoms with E-state index in [-0.39, 0.29) is 5.56 Å². The van der Waals surface area contributed by atoms with E-state index in [0.29, 0.717) is 0 Å². The normalized spacial score (nSPS) is 17.8. The fraction of sp³-hybridized carbons (Fsp3) is 0.417. The van der Waals surface area contributed by atoms with E-state index in [4.69, 9.17) is 10.2 Å². The minimum atomic E-state index is -1.89. The van der Waals surface area contributed by atoms with Gasteiger partial charge < -0.3 is 25.5 Å². The summed E-state index contributed by atoms with van der Waals surface area (Å²) < 4.78 is 0. The Bertz CT molecular complexity index is 379. The summed E-state index contributed by atoms with van der Waals surface area (Å²) in [6.45, 7) is -0.792. The molecule has 0 heterocycles. The van der Waals surface area contributed by atoms with Gasteiger partial charge in [-0.25, -0.2) is 0 Å². The predicted molar refractivity (Wildman–Crippen MR) is 60.7 cm³/mol. The van der Waals surface area contributed by atoms with Gasteiger partial charge >= 0.3 is 0 Å². The molecular formula is C12H15O6. The van der Waals surface area contributed by atoms with Crippen molar-refractivity contribution in [3.05, 3.63) is 35.9 Å². The van der Waals surface area contributed by atoms with Gasteiger partial charge in [-0.3, -0.25) is 4.79 Å². The third-order valence-electron chi connectivity index (χ3n) is 2.53. The fourth-order valence-electron chi connectivity index (χ4n) is 1.40. The van der Waals surface area contributed by atoms with Crippen LogP contribution in [-0.4, -0.2) is 62.3 Å². The van der Waals surface area contributed by atoms with Crippen LogP contribution in [0.5, 0.6) is 0 Å². The number of carbonyl (C=O) groups is 1.